The van der Waals surface area contributed by atoms with Gasteiger partial charge in [0, 0.05) is 6.54 Å². The van der Waals surface area contributed by atoms with Crippen LogP contribution in [-0.4, -0.2) is 59.1 Å². The number of hydrogen-bond acceptors (Lipinski definition) is 5. The lowest BCUT2D eigenvalue weighted by atomic mass is 10.2. The molecule has 0 saturated carbocycles. The van der Waals surface area contributed by atoms with Crippen LogP contribution in [0.2, 0.25) is 0 Å². The number of hydrogen-bond donors (Lipinski definition) is 1. The lowest BCUT2D eigenvalue weighted by Crippen LogP contribution is -2.41. The number of amides is 1. The van der Waals surface area contributed by atoms with Gasteiger partial charge in [-0.15, -0.1) is 0 Å². The summed E-state index contributed by atoms with van der Waals surface area (Å²) in [5.74, 6) is 0.251. The van der Waals surface area contributed by atoms with Crippen LogP contribution < -0.4 is 14.4 Å². The van der Waals surface area contributed by atoms with Crippen LogP contribution in [0, 0.1) is 6.92 Å². The van der Waals surface area contributed by atoms with Crippen LogP contribution in [0.5, 0.6) is 5.75 Å². The van der Waals surface area contributed by atoms with E-state index >= 15 is 0 Å². The number of benzene rings is 2. The van der Waals surface area contributed by atoms with E-state index in [1.807, 2.05) is 19.1 Å². The van der Waals surface area contributed by atoms with Crippen molar-refractivity contribution in [2.24, 2.45) is 0 Å². The molecule has 1 heterocycles. The van der Waals surface area contributed by atoms with Gasteiger partial charge in [-0.05, 0) is 82.2 Å². The first-order valence-corrected chi connectivity index (χ1v) is 13.1. The number of sulfonamides is 1. The highest BCUT2D eigenvalue weighted by Crippen LogP contribution is 2.25. The van der Waals surface area contributed by atoms with Crippen molar-refractivity contribution in [1.82, 2.24) is 10.2 Å². The van der Waals surface area contributed by atoms with E-state index in [0.717, 1.165) is 31.6 Å². The van der Waals surface area contributed by atoms with Crippen LogP contribution in [0.3, 0.4) is 0 Å². The van der Waals surface area contributed by atoms with Crippen LogP contribution in [0.15, 0.2) is 53.4 Å². The number of rotatable bonds is 10. The maximum atomic E-state index is 13.4. The molecular weight excluding hydrogens is 438 g/mol. The average molecular weight is 474 g/mol. The van der Waals surface area contributed by atoms with Gasteiger partial charge in [0.05, 0.1) is 17.7 Å². The van der Waals surface area contributed by atoms with Crippen molar-refractivity contribution >= 4 is 21.6 Å². The number of nitrogens with one attached hydrogen (secondary N) is 1. The number of carbonyl (C=O) groups excluding carboxylic acids is 1. The summed E-state index contributed by atoms with van der Waals surface area (Å²) >= 11 is 0. The monoisotopic (exact) mass is 473 g/mol. The highest BCUT2D eigenvalue weighted by molar-refractivity contribution is 7.92. The summed E-state index contributed by atoms with van der Waals surface area (Å²) in [7, 11) is -2.40. The van der Waals surface area contributed by atoms with Crippen molar-refractivity contribution in [3.63, 3.8) is 0 Å². The molecule has 1 amide bonds. The van der Waals surface area contributed by atoms with Crippen molar-refractivity contribution in [2.45, 2.75) is 43.9 Å². The number of anilines is 1. The summed E-state index contributed by atoms with van der Waals surface area (Å²) in [5.41, 5.74) is 1.47. The predicted octanol–water partition coefficient (Wildman–Crippen LogP) is 3.58. The third-order valence-corrected chi connectivity index (χ3v) is 7.72. The van der Waals surface area contributed by atoms with E-state index in [9.17, 15) is 13.2 Å². The number of ether oxygens (including phenoxy) is 1. The molecular formula is C25H35N3O4S. The first kappa shape index (κ1) is 25.1. The maximum Gasteiger partial charge on any atom is 0.264 e. The lowest BCUT2D eigenvalue weighted by Gasteiger charge is -2.24. The van der Waals surface area contributed by atoms with Crippen LogP contribution in [-0.2, 0) is 14.8 Å². The van der Waals surface area contributed by atoms with Crippen LogP contribution in [0.1, 0.15) is 37.7 Å². The second-order valence-electron chi connectivity index (χ2n) is 8.48. The minimum atomic E-state index is -3.93. The molecule has 1 aliphatic rings. The molecule has 1 saturated heterocycles. The molecule has 1 aliphatic heterocycles. The zero-order valence-corrected chi connectivity index (χ0v) is 20.4. The number of methoxy groups -OCH3 is 1. The van der Waals surface area contributed by atoms with E-state index in [-0.39, 0.29) is 17.3 Å². The summed E-state index contributed by atoms with van der Waals surface area (Å²) in [5, 5.41) is 2.90. The quantitative estimate of drug-likeness (QED) is 0.534. The second kappa shape index (κ2) is 12.0. The lowest BCUT2D eigenvalue weighted by molar-refractivity contribution is -0.119. The third kappa shape index (κ3) is 7.20. The van der Waals surface area contributed by atoms with Crippen molar-refractivity contribution in [2.75, 3.05) is 44.1 Å². The fourth-order valence-electron chi connectivity index (χ4n) is 3.98. The van der Waals surface area contributed by atoms with Crippen molar-refractivity contribution in [3.05, 3.63) is 54.1 Å². The van der Waals surface area contributed by atoms with Gasteiger partial charge in [0.1, 0.15) is 12.3 Å². The second-order valence-corrected chi connectivity index (χ2v) is 10.3. The Labute approximate surface area is 197 Å². The molecule has 2 aromatic carbocycles. The first-order chi connectivity index (χ1) is 15.9. The summed E-state index contributed by atoms with van der Waals surface area (Å²) in [6.45, 7) is 5.38. The number of carbonyl (C=O) groups is 1. The molecule has 0 bridgehead atoms. The van der Waals surface area contributed by atoms with E-state index in [4.69, 9.17) is 4.74 Å². The smallest absolute Gasteiger partial charge is 0.264 e. The van der Waals surface area contributed by atoms with Gasteiger partial charge in [-0.25, -0.2) is 8.42 Å². The predicted molar refractivity (Wildman–Crippen MR) is 131 cm³/mol. The van der Waals surface area contributed by atoms with Crippen molar-refractivity contribution < 1.29 is 17.9 Å². The molecule has 0 aromatic heterocycles. The number of aryl methyl sites for hydroxylation is 1. The van der Waals surface area contributed by atoms with Gasteiger partial charge in [-0.2, -0.15) is 0 Å². The molecule has 3 rings (SSSR count). The molecule has 0 radical (unpaired) electrons. The standard InChI is InChI=1S/C25H35N3O4S/c1-21-8-10-22(11-9-21)28(33(30,31)24-14-12-23(32-2)13-15-24)20-25(29)26-16-7-19-27-17-5-3-4-6-18-27/h8-15H,3-7,16-20H2,1-2H3,(H,26,29). The van der Waals surface area contributed by atoms with Gasteiger partial charge >= 0.3 is 0 Å². The van der Waals surface area contributed by atoms with Gasteiger partial charge in [0.15, 0.2) is 0 Å². The summed E-state index contributed by atoms with van der Waals surface area (Å²) in [6.07, 6.45) is 5.92. The molecule has 0 aliphatic carbocycles. The molecule has 8 heteroatoms. The Morgan fingerprint density at radius 1 is 1.00 bits per heavy atom. The minimum Gasteiger partial charge on any atom is -0.497 e. The van der Waals surface area contributed by atoms with Crippen LogP contribution in [0.4, 0.5) is 5.69 Å². The van der Waals surface area contributed by atoms with E-state index < -0.39 is 10.0 Å². The SMILES string of the molecule is COc1ccc(S(=O)(=O)N(CC(=O)NCCCN2CCCCCC2)c2ccc(C)cc2)cc1. The molecule has 33 heavy (non-hydrogen) atoms. The number of likely N-dealkylation sites (tertiary alicyclic amines) is 1. The summed E-state index contributed by atoms with van der Waals surface area (Å²) < 4.78 is 33.1. The fourth-order valence-corrected chi connectivity index (χ4v) is 5.40. The van der Waals surface area contributed by atoms with E-state index in [1.54, 1.807) is 24.3 Å². The van der Waals surface area contributed by atoms with Gasteiger partial charge in [0.25, 0.3) is 10.0 Å². The molecule has 1 fully saturated rings. The molecule has 2 aromatic rings. The van der Waals surface area contributed by atoms with Crippen LogP contribution in [0.25, 0.3) is 0 Å². The topological polar surface area (TPSA) is 79.0 Å². The van der Waals surface area contributed by atoms with Gasteiger partial charge < -0.3 is 15.0 Å². The zero-order valence-electron chi connectivity index (χ0n) is 19.6. The average Bonchev–Trinajstić information content (AvgIpc) is 3.10. The third-order valence-electron chi connectivity index (χ3n) is 5.93. The number of nitrogens with zero attached hydrogens (tertiary/aromatic N) is 2. The summed E-state index contributed by atoms with van der Waals surface area (Å²) in [4.78, 5) is 15.3. The Bertz CT molecular complexity index is 983. The fraction of sp³-hybridized carbons (Fsp3) is 0.480. The van der Waals surface area contributed by atoms with Crippen LogP contribution >= 0.6 is 0 Å². The largest absolute Gasteiger partial charge is 0.497 e. The maximum absolute atomic E-state index is 13.4. The molecule has 0 spiro atoms. The molecule has 0 atom stereocenters. The first-order valence-electron chi connectivity index (χ1n) is 11.6. The summed E-state index contributed by atoms with van der Waals surface area (Å²) in [6, 6.07) is 13.3. The molecule has 180 valence electrons. The van der Waals surface area contributed by atoms with Gasteiger partial charge in [0.2, 0.25) is 5.91 Å². The molecule has 7 nitrogen and oxygen atoms in total. The van der Waals surface area contributed by atoms with E-state index in [2.05, 4.69) is 10.2 Å². The molecule has 1 N–H and O–H groups in total. The zero-order chi connectivity index (χ0) is 23.7. The minimum absolute atomic E-state index is 0.109. The van der Waals surface area contributed by atoms with Crippen molar-refractivity contribution in [1.29, 1.82) is 0 Å². The van der Waals surface area contributed by atoms with Gasteiger partial charge in [-0.3, -0.25) is 9.10 Å². The highest BCUT2D eigenvalue weighted by Gasteiger charge is 2.27. The normalized spacial score (nSPS) is 15.0. The Balaban J connectivity index is 1.66. The van der Waals surface area contributed by atoms with E-state index in [0.29, 0.717) is 18.0 Å². The Morgan fingerprint density at radius 3 is 2.24 bits per heavy atom. The van der Waals surface area contributed by atoms with Crippen molar-refractivity contribution in [3.8, 4) is 5.75 Å². The highest BCUT2D eigenvalue weighted by atomic mass is 32.2. The Morgan fingerprint density at radius 2 is 1.64 bits per heavy atom. The van der Waals surface area contributed by atoms with E-state index in [1.165, 1.54) is 49.2 Å². The molecule has 0 unspecified atom stereocenters. The van der Waals surface area contributed by atoms with Gasteiger partial charge in [-0.1, -0.05) is 30.5 Å². The Kier molecular flexibility index (Phi) is 9.14. The Hall–Kier alpha value is -2.58.